The molecule has 0 amide bonds. The van der Waals surface area contributed by atoms with E-state index >= 15 is 0 Å². The van der Waals surface area contributed by atoms with Crippen LogP contribution in [0.15, 0.2) is 34.8 Å². The predicted molar refractivity (Wildman–Crippen MR) is 89.0 cm³/mol. The molecule has 0 spiro atoms. The SMILES string of the molecule is CCS(=O)(=O)Nc1cc(Br)c(Oc2ccc(F)cc2F)cc1C=O. The largest absolute Gasteiger partial charge is 0.453 e. The first kappa shape index (κ1) is 18.3. The molecule has 2 rings (SSSR count). The fraction of sp³-hybridized carbons (Fsp3) is 0.133. The number of sulfonamides is 1. The van der Waals surface area contributed by atoms with Gasteiger partial charge in [-0.25, -0.2) is 17.2 Å². The number of hydrogen-bond acceptors (Lipinski definition) is 4. The first-order chi connectivity index (χ1) is 11.3. The molecule has 0 aromatic heterocycles. The highest BCUT2D eigenvalue weighted by molar-refractivity contribution is 9.10. The Bertz CT molecular complexity index is 887. The molecule has 0 radical (unpaired) electrons. The van der Waals surface area contributed by atoms with E-state index in [9.17, 15) is 22.0 Å². The topological polar surface area (TPSA) is 72.5 Å². The normalized spacial score (nSPS) is 11.2. The molecule has 0 aliphatic heterocycles. The third kappa shape index (κ3) is 4.30. The van der Waals surface area contributed by atoms with E-state index in [1.807, 2.05) is 0 Å². The summed E-state index contributed by atoms with van der Waals surface area (Å²) in [7, 11) is -3.58. The van der Waals surface area contributed by atoms with Gasteiger partial charge < -0.3 is 4.74 Å². The van der Waals surface area contributed by atoms with Gasteiger partial charge in [0, 0.05) is 11.6 Å². The van der Waals surface area contributed by atoms with Crippen molar-refractivity contribution >= 4 is 37.9 Å². The number of ether oxygens (including phenoxy) is 1. The molecule has 0 bridgehead atoms. The van der Waals surface area contributed by atoms with E-state index in [-0.39, 0.29) is 33.0 Å². The molecule has 0 fully saturated rings. The Morgan fingerprint density at radius 2 is 1.92 bits per heavy atom. The average molecular weight is 420 g/mol. The maximum atomic E-state index is 13.7. The number of hydrogen-bond donors (Lipinski definition) is 1. The van der Waals surface area contributed by atoms with Crippen LogP contribution >= 0.6 is 15.9 Å². The van der Waals surface area contributed by atoms with Crippen molar-refractivity contribution in [3.8, 4) is 11.5 Å². The lowest BCUT2D eigenvalue weighted by molar-refractivity contribution is 0.112. The zero-order chi connectivity index (χ0) is 17.9. The van der Waals surface area contributed by atoms with E-state index in [0.29, 0.717) is 12.4 Å². The number of carbonyl (C=O) groups excluding carboxylic acids is 1. The summed E-state index contributed by atoms with van der Waals surface area (Å²) < 4.78 is 57.7. The van der Waals surface area contributed by atoms with Crippen molar-refractivity contribution in [3.63, 3.8) is 0 Å². The first-order valence-electron chi connectivity index (χ1n) is 6.68. The minimum atomic E-state index is -3.58. The van der Waals surface area contributed by atoms with Crippen LogP contribution in [0.1, 0.15) is 17.3 Å². The Morgan fingerprint density at radius 3 is 2.50 bits per heavy atom. The molecular weight excluding hydrogens is 408 g/mol. The summed E-state index contributed by atoms with van der Waals surface area (Å²) in [6.07, 6.45) is 0.438. The van der Waals surface area contributed by atoms with Gasteiger partial charge in [-0.1, -0.05) is 0 Å². The Kier molecular flexibility index (Phi) is 5.55. The third-order valence-corrected chi connectivity index (χ3v) is 4.90. The second kappa shape index (κ2) is 7.27. The molecule has 0 unspecified atom stereocenters. The maximum Gasteiger partial charge on any atom is 0.232 e. The lowest BCUT2D eigenvalue weighted by atomic mass is 10.2. The van der Waals surface area contributed by atoms with Crippen LogP contribution in [0.25, 0.3) is 0 Å². The van der Waals surface area contributed by atoms with Gasteiger partial charge in [-0.2, -0.15) is 0 Å². The summed E-state index contributed by atoms with van der Waals surface area (Å²) in [6, 6.07) is 5.36. The fourth-order valence-electron chi connectivity index (χ4n) is 1.75. The van der Waals surface area contributed by atoms with Gasteiger partial charge in [-0.15, -0.1) is 0 Å². The number of halogens is 3. The van der Waals surface area contributed by atoms with Crippen LogP contribution in [-0.2, 0) is 10.0 Å². The average Bonchev–Trinajstić information content (AvgIpc) is 2.52. The van der Waals surface area contributed by atoms with Crippen molar-refractivity contribution in [1.82, 2.24) is 0 Å². The quantitative estimate of drug-likeness (QED) is 0.715. The van der Waals surface area contributed by atoms with Crippen molar-refractivity contribution in [2.75, 3.05) is 10.5 Å². The molecule has 128 valence electrons. The number of anilines is 1. The summed E-state index contributed by atoms with van der Waals surface area (Å²) >= 11 is 3.16. The van der Waals surface area contributed by atoms with E-state index in [0.717, 1.165) is 12.1 Å². The highest BCUT2D eigenvalue weighted by atomic mass is 79.9. The minimum absolute atomic E-state index is 0.00717. The second-order valence-electron chi connectivity index (χ2n) is 4.67. The number of aldehydes is 1. The lowest BCUT2D eigenvalue weighted by Gasteiger charge is -2.13. The zero-order valence-electron chi connectivity index (χ0n) is 12.3. The van der Waals surface area contributed by atoms with Crippen LogP contribution in [0.2, 0.25) is 0 Å². The number of benzene rings is 2. The van der Waals surface area contributed by atoms with E-state index in [4.69, 9.17) is 4.74 Å². The lowest BCUT2D eigenvalue weighted by Crippen LogP contribution is -2.15. The van der Waals surface area contributed by atoms with Gasteiger partial charge in [-0.05, 0) is 47.1 Å². The van der Waals surface area contributed by atoms with E-state index in [1.54, 1.807) is 0 Å². The first-order valence-corrected chi connectivity index (χ1v) is 9.12. The number of rotatable bonds is 6. The molecule has 0 saturated carbocycles. The molecular formula is C15H12BrF2NO4S. The third-order valence-electron chi connectivity index (χ3n) is 2.99. The molecule has 0 saturated heterocycles. The van der Waals surface area contributed by atoms with E-state index in [1.165, 1.54) is 19.1 Å². The highest BCUT2D eigenvalue weighted by Crippen LogP contribution is 2.35. The summed E-state index contributed by atoms with van der Waals surface area (Å²) in [5.41, 5.74) is 0.0680. The Morgan fingerprint density at radius 1 is 1.21 bits per heavy atom. The van der Waals surface area contributed by atoms with Crippen molar-refractivity contribution in [2.24, 2.45) is 0 Å². The molecule has 0 atom stereocenters. The van der Waals surface area contributed by atoms with Gasteiger partial charge in [-0.3, -0.25) is 9.52 Å². The van der Waals surface area contributed by atoms with Crippen LogP contribution in [-0.4, -0.2) is 20.5 Å². The summed E-state index contributed by atoms with van der Waals surface area (Å²) in [6.45, 7) is 1.45. The van der Waals surface area contributed by atoms with Gasteiger partial charge in [0.2, 0.25) is 10.0 Å². The highest BCUT2D eigenvalue weighted by Gasteiger charge is 2.16. The Balaban J connectivity index is 2.40. The van der Waals surface area contributed by atoms with Crippen molar-refractivity contribution in [1.29, 1.82) is 0 Å². The van der Waals surface area contributed by atoms with Crippen LogP contribution in [0.5, 0.6) is 11.5 Å². The second-order valence-corrected chi connectivity index (χ2v) is 7.54. The number of nitrogens with one attached hydrogen (secondary N) is 1. The molecule has 0 aliphatic carbocycles. The van der Waals surface area contributed by atoms with Gasteiger partial charge >= 0.3 is 0 Å². The molecule has 0 aliphatic rings. The monoisotopic (exact) mass is 419 g/mol. The maximum absolute atomic E-state index is 13.7. The van der Waals surface area contributed by atoms with Crippen molar-refractivity contribution < 1.29 is 26.7 Å². The van der Waals surface area contributed by atoms with E-state index in [2.05, 4.69) is 20.7 Å². The molecule has 5 nitrogen and oxygen atoms in total. The smallest absolute Gasteiger partial charge is 0.232 e. The van der Waals surface area contributed by atoms with Crippen LogP contribution in [0, 0.1) is 11.6 Å². The molecule has 1 N–H and O–H groups in total. The zero-order valence-corrected chi connectivity index (χ0v) is 14.7. The Labute approximate surface area is 145 Å². The van der Waals surface area contributed by atoms with Crippen molar-refractivity contribution in [3.05, 3.63) is 52.0 Å². The summed E-state index contributed by atoms with van der Waals surface area (Å²) in [5.74, 6) is -2.00. The predicted octanol–water partition coefficient (Wildman–Crippen LogP) is 4.09. The van der Waals surface area contributed by atoms with E-state index < -0.39 is 21.7 Å². The summed E-state index contributed by atoms with van der Waals surface area (Å²) in [5, 5.41) is 0. The van der Waals surface area contributed by atoms with Gasteiger partial charge in [0.25, 0.3) is 0 Å². The Hall–Kier alpha value is -2.00. The molecule has 2 aromatic rings. The van der Waals surface area contributed by atoms with Gasteiger partial charge in [0.1, 0.15) is 11.6 Å². The fourth-order valence-corrected chi connectivity index (χ4v) is 2.83. The number of carbonyl (C=O) groups is 1. The standard InChI is InChI=1S/C15H12BrF2NO4S/c1-2-24(21,22)19-13-7-11(16)15(5-9(13)8-20)23-14-4-3-10(17)6-12(14)18/h3-8,19H,2H2,1H3. The molecule has 2 aromatic carbocycles. The van der Waals surface area contributed by atoms with Gasteiger partial charge in [0.15, 0.2) is 17.9 Å². The van der Waals surface area contributed by atoms with Crippen LogP contribution in [0.3, 0.4) is 0 Å². The minimum Gasteiger partial charge on any atom is -0.453 e. The summed E-state index contributed by atoms with van der Waals surface area (Å²) in [4.78, 5) is 11.2. The molecule has 0 heterocycles. The van der Waals surface area contributed by atoms with Crippen LogP contribution in [0.4, 0.5) is 14.5 Å². The van der Waals surface area contributed by atoms with Gasteiger partial charge in [0.05, 0.1) is 15.9 Å². The van der Waals surface area contributed by atoms with Crippen molar-refractivity contribution in [2.45, 2.75) is 6.92 Å². The molecule has 24 heavy (non-hydrogen) atoms. The molecule has 9 heteroatoms. The van der Waals surface area contributed by atoms with Crippen LogP contribution < -0.4 is 9.46 Å².